The van der Waals surface area contributed by atoms with Gasteiger partial charge in [0.2, 0.25) is 0 Å². The highest BCUT2D eigenvalue weighted by molar-refractivity contribution is 7.98. The van der Waals surface area contributed by atoms with E-state index in [4.69, 9.17) is 0 Å². The van der Waals surface area contributed by atoms with E-state index in [-0.39, 0.29) is 11.1 Å². The van der Waals surface area contributed by atoms with Gasteiger partial charge in [-0.3, -0.25) is 4.79 Å². The average molecular weight is 340 g/mol. The summed E-state index contributed by atoms with van der Waals surface area (Å²) in [5.74, 6) is 0.305. The van der Waals surface area contributed by atoms with E-state index in [1.807, 2.05) is 0 Å². The van der Waals surface area contributed by atoms with Gasteiger partial charge in [-0.15, -0.1) is 0 Å². The highest BCUT2D eigenvalue weighted by Gasteiger charge is 2.30. The summed E-state index contributed by atoms with van der Waals surface area (Å²) in [5.41, 5.74) is 0.135. The Morgan fingerprint density at radius 3 is 2.83 bits per heavy atom. The second kappa shape index (κ2) is 5.73. The first kappa shape index (κ1) is 15.6. The minimum Gasteiger partial charge on any atom is -0.311 e. The largest absolute Gasteiger partial charge is 0.416 e. The number of aromatic nitrogens is 4. The first-order valence-corrected chi connectivity index (χ1v) is 7.54. The Morgan fingerprint density at radius 1 is 1.35 bits per heavy atom. The van der Waals surface area contributed by atoms with E-state index >= 15 is 0 Å². The average Bonchev–Trinajstić information content (AvgIpc) is 2.83. The van der Waals surface area contributed by atoms with E-state index in [0.29, 0.717) is 22.1 Å². The summed E-state index contributed by atoms with van der Waals surface area (Å²) in [6, 6.07) is 5.14. The van der Waals surface area contributed by atoms with Crippen molar-refractivity contribution >= 4 is 22.9 Å². The number of nitrogens with one attached hydrogen (secondary N) is 1. The lowest BCUT2D eigenvalue weighted by Crippen LogP contribution is -2.06. The Hall–Kier alpha value is -2.29. The van der Waals surface area contributed by atoms with Crippen molar-refractivity contribution in [3.8, 4) is 0 Å². The minimum absolute atomic E-state index is 0.210. The second-order valence-corrected chi connectivity index (χ2v) is 5.79. The first-order chi connectivity index (χ1) is 10.9. The molecule has 120 valence electrons. The highest BCUT2D eigenvalue weighted by atomic mass is 32.2. The number of aryl methyl sites for hydroxylation is 1. The van der Waals surface area contributed by atoms with Crippen LogP contribution in [0.3, 0.4) is 0 Å². The van der Waals surface area contributed by atoms with Crippen molar-refractivity contribution in [2.24, 2.45) is 7.05 Å². The smallest absolute Gasteiger partial charge is 0.311 e. The van der Waals surface area contributed by atoms with Crippen LogP contribution in [0.15, 0.2) is 40.5 Å². The Morgan fingerprint density at radius 2 is 2.13 bits per heavy atom. The van der Waals surface area contributed by atoms with Crippen LogP contribution < -0.4 is 5.56 Å². The van der Waals surface area contributed by atoms with Gasteiger partial charge in [0, 0.05) is 12.8 Å². The van der Waals surface area contributed by atoms with Gasteiger partial charge in [0.15, 0.2) is 16.3 Å². The van der Waals surface area contributed by atoms with E-state index in [2.05, 4.69) is 15.0 Å². The number of hydrogen-bond acceptors (Lipinski definition) is 4. The van der Waals surface area contributed by atoms with Gasteiger partial charge in [-0.25, -0.2) is 9.97 Å². The number of nitrogens with zero attached hydrogens (tertiary/aromatic N) is 3. The fourth-order valence-corrected chi connectivity index (χ4v) is 3.02. The number of fused-ring (bicyclic) bond motifs is 1. The molecule has 0 fully saturated rings. The highest BCUT2D eigenvalue weighted by Crippen LogP contribution is 2.31. The lowest BCUT2D eigenvalue weighted by atomic mass is 10.1. The summed E-state index contributed by atoms with van der Waals surface area (Å²) in [7, 11) is 1.70. The minimum atomic E-state index is -4.37. The van der Waals surface area contributed by atoms with Gasteiger partial charge in [0.1, 0.15) is 0 Å². The van der Waals surface area contributed by atoms with E-state index in [1.165, 1.54) is 24.2 Å². The molecule has 23 heavy (non-hydrogen) atoms. The van der Waals surface area contributed by atoms with Crippen molar-refractivity contribution in [3.05, 3.63) is 52.1 Å². The fourth-order valence-electron chi connectivity index (χ4n) is 2.10. The number of thioether (sulfide) groups is 1. The molecule has 0 unspecified atom stereocenters. The van der Waals surface area contributed by atoms with Crippen LogP contribution in [0.2, 0.25) is 0 Å². The van der Waals surface area contributed by atoms with Crippen LogP contribution in [-0.2, 0) is 19.0 Å². The summed E-state index contributed by atoms with van der Waals surface area (Å²) < 4.78 is 39.8. The monoisotopic (exact) mass is 340 g/mol. The number of imidazole rings is 1. The topological polar surface area (TPSA) is 63.6 Å². The molecule has 2 heterocycles. The van der Waals surface area contributed by atoms with Crippen LogP contribution in [0.5, 0.6) is 0 Å². The van der Waals surface area contributed by atoms with Crippen LogP contribution in [0.1, 0.15) is 11.1 Å². The summed E-state index contributed by atoms with van der Waals surface area (Å²) in [5, 5.41) is 0.515. The molecular formula is C14H11F3N4OS. The third-order valence-corrected chi connectivity index (χ3v) is 4.34. The molecule has 0 saturated carbocycles. The second-order valence-electron chi connectivity index (χ2n) is 4.84. The van der Waals surface area contributed by atoms with Gasteiger partial charge in [-0.05, 0) is 11.6 Å². The van der Waals surface area contributed by atoms with Gasteiger partial charge in [0.05, 0.1) is 11.9 Å². The molecule has 0 atom stereocenters. The molecule has 0 radical (unpaired) electrons. The molecule has 0 aliphatic rings. The predicted molar refractivity (Wildman–Crippen MR) is 80.1 cm³/mol. The quantitative estimate of drug-likeness (QED) is 0.745. The third kappa shape index (κ3) is 3.09. The van der Waals surface area contributed by atoms with Gasteiger partial charge in [-0.1, -0.05) is 30.0 Å². The Bertz CT molecular complexity index is 916. The number of alkyl halides is 3. The van der Waals surface area contributed by atoms with Crippen molar-refractivity contribution in [1.29, 1.82) is 0 Å². The molecule has 1 N–H and O–H groups in total. The number of H-pyrrole nitrogens is 1. The van der Waals surface area contributed by atoms with Crippen LogP contribution >= 0.6 is 11.8 Å². The van der Waals surface area contributed by atoms with Gasteiger partial charge in [-0.2, -0.15) is 13.2 Å². The molecule has 9 heteroatoms. The molecule has 2 aromatic heterocycles. The predicted octanol–water partition coefficient (Wildman–Crippen LogP) is 2.97. The van der Waals surface area contributed by atoms with Crippen molar-refractivity contribution in [1.82, 2.24) is 19.5 Å². The Kier molecular flexibility index (Phi) is 3.88. The van der Waals surface area contributed by atoms with Gasteiger partial charge >= 0.3 is 6.18 Å². The third-order valence-electron chi connectivity index (χ3n) is 3.24. The van der Waals surface area contributed by atoms with Gasteiger partial charge in [0.25, 0.3) is 5.56 Å². The molecule has 1 aromatic carbocycles. The molecule has 0 aliphatic heterocycles. The summed E-state index contributed by atoms with van der Waals surface area (Å²) in [6.45, 7) is 0. The maximum absolute atomic E-state index is 12.7. The van der Waals surface area contributed by atoms with E-state index in [9.17, 15) is 18.0 Å². The number of aromatic amines is 1. The van der Waals surface area contributed by atoms with E-state index in [0.717, 1.165) is 12.1 Å². The maximum atomic E-state index is 12.7. The number of rotatable bonds is 3. The summed E-state index contributed by atoms with van der Waals surface area (Å²) in [4.78, 5) is 22.3. The number of benzene rings is 1. The molecule has 0 aliphatic carbocycles. The Labute approximate surface area is 132 Å². The van der Waals surface area contributed by atoms with E-state index in [1.54, 1.807) is 17.7 Å². The van der Waals surface area contributed by atoms with Crippen LogP contribution in [0, 0.1) is 0 Å². The van der Waals surface area contributed by atoms with Crippen molar-refractivity contribution in [2.75, 3.05) is 0 Å². The number of hydrogen-bond donors (Lipinski definition) is 1. The van der Waals surface area contributed by atoms with Crippen LogP contribution in [0.25, 0.3) is 11.2 Å². The molecular weight excluding hydrogens is 329 g/mol. The van der Waals surface area contributed by atoms with Crippen LogP contribution in [0.4, 0.5) is 13.2 Å². The zero-order valence-corrected chi connectivity index (χ0v) is 12.7. The molecule has 5 nitrogen and oxygen atoms in total. The lowest BCUT2D eigenvalue weighted by molar-refractivity contribution is -0.137. The fraction of sp³-hybridized carbons (Fsp3) is 0.214. The first-order valence-electron chi connectivity index (χ1n) is 6.55. The maximum Gasteiger partial charge on any atom is 0.416 e. The van der Waals surface area contributed by atoms with E-state index < -0.39 is 11.7 Å². The molecule has 0 saturated heterocycles. The zero-order chi connectivity index (χ0) is 16.6. The van der Waals surface area contributed by atoms with Crippen molar-refractivity contribution in [3.63, 3.8) is 0 Å². The molecule has 0 amide bonds. The molecule has 0 spiro atoms. The van der Waals surface area contributed by atoms with Crippen molar-refractivity contribution < 1.29 is 13.2 Å². The lowest BCUT2D eigenvalue weighted by Gasteiger charge is -2.08. The normalized spacial score (nSPS) is 12.0. The standard InChI is InChI=1S/C14H11F3N4OS/c1-21-11-10(12(22)19-7-18-11)20-13(21)23-6-8-3-2-4-9(5-8)14(15,16)17/h2-5,7H,6H2,1H3,(H,18,19,22). The zero-order valence-electron chi connectivity index (χ0n) is 11.9. The SMILES string of the molecule is Cn1c(SCc2cccc(C(F)(F)F)c2)nc2c(=O)[nH]cnc21. The molecule has 0 bridgehead atoms. The van der Waals surface area contributed by atoms with Gasteiger partial charge < -0.3 is 9.55 Å². The summed E-state index contributed by atoms with van der Waals surface area (Å²) >= 11 is 1.25. The van der Waals surface area contributed by atoms with Crippen LogP contribution in [-0.4, -0.2) is 19.5 Å². The molecule has 3 rings (SSSR count). The molecule has 3 aromatic rings. The Balaban J connectivity index is 1.86. The van der Waals surface area contributed by atoms with Crippen molar-refractivity contribution in [2.45, 2.75) is 17.1 Å². The number of halogens is 3. The summed E-state index contributed by atoms with van der Waals surface area (Å²) in [6.07, 6.45) is -3.08.